The van der Waals surface area contributed by atoms with Crippen molar-refractivity contribution in [2.45, 2.75) is 24.3 Å². The van der Waals surface area contributed by atoms with E-state index in [0.29, 0.717) is 19.0 Å². The maximum absolute atomic E-state index is 13.9. The fourth-order valence-corrected chi connectivity index (χ4v) is 4.43. The van der Waals surface area contributed by atoms with E-state index >= 15 is 0 Å². The summed E-state index contributed by atoms with van der Waals surface area (Å²) in [7, 11) is -3.70. The second kappa shape index (κ2) is 10.00. The van der Waals surface area contributed by atoms with Crippen LogP contribution in [-0.4, -0.2) is 44.0 Å². The molecule has 1 saturated heterocycles. The Morgan fingerprint density at radius 1 is 1.12 bits per heavy atom. The number of hydrogen-bond acceptors (Lipinski definition) is 6. The highest BCUT2D eigenvalue weighted by atomic mass is 32.2. The minimum absolute atomic E-state index is 0.0269. The molecule has 2 heterocycles. The molecule has 0 spiro atoms. The molecule has 1 aliphatic rings. The Morgan fingerprint density at radius 2 is 1.82 bits per heavy atom. The quantitative estimate of drug-likeness (QED) is 0.526. The molecule has 0 radical (unpaired) electrons. The van der Waals surface area contributed by atoms with Crippen molar-refractivity contribution < 1.29 is 26.5 Å². The van der Waals surface area contributed by atoms with E-state index in [0.717, 1.165) is 43.6 Å². The summed E-state index contributed by atoms with van der Waals surface area (Å²) in [6.45, 7) is 2.86. The van der Waals surface area contributed by atoms with Gasteiger partial charge in [-0.25, -0.2) is 22.3 Å². The number of carbonyl (C=O) groups excluding carboxylic acids is 1. The molecule has 0 aliphatic carbocycles. The summed E-state index contributed by atoms with van der Waals surface area (Å²) in [6, 6.07) is 10.9. The number of carbonyl (C=O) groups is 1. The average Bonchev–Trinajstić information content (AvgIpc) is 3.28. The number of halogens is 2. The van der Waals surface area contributed by atoms with Crippen molar-refractivity contribution in [3.8, 4) is 11.3 Å². The van der Waals surface area contributed by atoms with Gasteiger partial charge >= 0.3 is 0 Å². The van der Waals surface area contributed by atoms with Crippen molar-refractivity contribution >= 4 is 15.9 Å². The van der Waals surface area contributed by atoms with Crippen LogP contribution in [0, 0.1) is 17.6 Å². The molecule has 4 rings (SSSR count). The fourth-order valence-electron chi connectivity index (χ4n) is 3.92. The van der Waals surface area contributed by atoms with Gasteiger partial charge in [-0.05, 0) is 61.7 Å². The number of nitrogens with two attached hydrogens (primary N) is 1. The highest BCUT2D eigenvalue weighted by molar-refractivity contribution is 7.89. The molecular weight excluding hydrogens is 466 g/mol. The van der Waals surface area contributed by atoms with Crippen LogP contribution in [0.25, 0.3) is 11.3 Å². The second-order valence-electron chi connectivity index (χ2n) is 8.32. The summed E-state index contributed by atoms with van der Waals surface area (Å²) >= 11 is 0. The lowest BCUT2D eigenvalue weighted by atomic mass is 9.96. The zero-order chi connectivity index (χ0) is 24.3. The number of likely N-dealkylation sites (tertiary alicyclic amines) is 1. The number of piperidine rings is 1. The average molecular weight is 491 g/mol. The Labute approximate surface area is 195 Å². The Bertz CT molecular complexity index is 1270. The van der Waals surface area contributed by atoms with E-state index in [1.807, 2.05) is 0 Å². The first-order valence-electron chi connectivity index (χ1n) is 10.7. The molecule has 0 bridgehead atoms. The third-order valence-corrected chi connectivity index (χ3v) is 6.79. The van der Waals surface area contributed by atoms with Crippen LogP contribution in [0.3, 0.4) is 0 Å². The van der Waals surface area contributed by atoms with Crippen LogP contribution in [0.15, 0.2) is 57.9 Å². The molecule has 0 unspecified atom stereocenters. The van der Waals surface area contributed by atoms with E-state index in [1.165, 1.54) is 24.3 Å². The summed E-state index contributed by atoms with van der Waals surface area (Å²) in [5.41, 5.74) is 1.05. The number of nitrogens with one attached hydrogen (secondary N) is 1. The molecule has 0 saturated carbocycles. The van der Waals surface area contributed by atoms with E-state index in [-0.39, 0.29) is 21.9 Å². The van der Waals surface area contributed by atoms with Gasteiger partial charge in [0, 0.05) is 25.2 Å². The Hall–Kier alpha value is -3.15. The molecule has 1 amide bonds. The number of nitrogens with zero attached hydrogens (tertiary/aromatic N) is 2. The normalized spacial score (nSPS) is 15.4. The van der Waals surface area contributed by atoms with Crippen LogP contribution in [0.2, 0.25) is 0 Å². The largest absolute Gasteiger partial charge is 0.355 e. The predicted molar refractivity (Wildman–Crippen MR) is 120 cm³/mol. The van der Waals surface area contributed by atoms with Crippen molar-refractivity contribution in [2.75, 3.05) is 19.6 Å². The van der Waals surface area contributed by atoms with E-state index in [4.69, 9.17) is 9.66 Å². The van der Waals surface area contributed by atoms with E-state index in [9.17, 15) is 22.0 Å². The van der Waals surface area contributed by atoms with Gasteiger partial charge in [-0.2, -0.15) is 0 Å². The zero-order valence-corrected chi connectivity index (χ0v) is 19.0. The Morgan fingerprint density at radius 3 is 2.47 bits per heavy atom. The minimum Gasteiger partial charge on any atom is -0.355 e. The van der Waals surface area contributed by atoms with Crippen molar-refractivity contribution in [1.29, 1.82) is 0 Å². The lowest BCUT2D eigenvalue weighted by Crippen LogP contribution is -2.38. The van der Waals surface area contributed by atoms with E-state index in [1.54, 1.807) is 12.1 Å². The number of benzene rings is 2. The molecule has 1 fully saturated rings. The van der Waals surface area contributed by atoms with Gasteiger partial charge in [0.25, 0.3) is 5.91 Å². The van der Waals surface area contributed by atoms with Gasteiger partial charge in [0.2, 0.25) is 10.0 Å². The van der Waals surface area contributed by atoms with Gasteiger partial charge in [-0.3, -0.25) is 9.69 Å². The van der Waals surface area contributed by atoms with Crippen molar-refractivity contribution in [1.82, 2.24) is 15.4 Å². The van der Waals surface area contributed by atoms with Crippen LogP contribution < -0.4 is 10.5 Å². The molecule has 1 aliphatic heterocycles. The van der Waals surface area contributed by atoms with Gasteiger partial charge < -0.3 is 9.84 Å². The molecule has 8 nitrogen and oxygen atoms in total. The van der Waals surface area contributed by atoms with Crippen LogP contribution in [0.4, 0.5) is 8.78 Å². The number of amides is 1. The smallest absolute Gasteiger partial charge is 0.273 e. The van der Waals surface area contributed by atoms with Gasteiger partial charge in [0.1, 0.15) is 11.6 Å². The van der Waals surface area contributed by atoms with Gasteiger partial charge in [-0.15, -0.1) is 0 Å². The number of rotatable bonds is 7. The topological polar surface area (TPSA) is 119 Å². The molecule has 0 atom stereocenters. The molecule has 2 aromatic carbocycles. The van der Waals surface area contributed by atoms with Gasteiger partial charge in [0.05, 0.1) is 10.5 Å². The molecular formula is C23H24F2N4O4S. The lowest BCUT2D eigenvalue weighted by Gasteiger charge is -2.32. The summed E-state index contributed by atoms with van der Waals surface area (Å²) in [5, 5.41) is 11.7. The summed E-state index contributed by atoms with van der Waals surface area (Å²) in [5.74, 6) is -1.58. The standard InChI is InChI=1S/C23H24F2N4O4S/c24-17-3-6-19(20(25)11-17)22-12-21(28-33-22)23(30)27-13-15-7-9-29(10-8-15)14-16-1-4-18(5-2-16)34(26,31)32/h1-6,11-12,15H,7-10,13-14H2,(H,27,30)(H2,26,31,32). The molecule has 180 valence electrons. The fraction of sp³-hybridized carbons (Fsp3) is 0.304. The first kappa shape index (κ1) is 24.0. The van der Waals surface area contributed by atoms with Crippen LogP contribution in [0.5, 0.6) is 0 Å². The highest BCUT2D eigenvalue weighted by Crippen LogP contribution is 2.24. The molecule has 3 aromatic rings. The Balaban J connectivity index is 1.24. The van der Waals surface area contributed by atoms with Crippen LogP contribution in [0.1, 0.15) is 28.9 Å². The predicted octanol–water partition coefficient (Wildman–Crippen LogP) is 2.91. The molecule has 3 N–H and O–H groups in total. The number of sulfonamides is 1. The number of hydrogen-bond donors (Lipinski definition) is 2. The molecule has 1 aromatic heterocycles. The van der Waals surface area contributed by atoms with Crippen LogP contribution >= 0.6 is 0 Å². The third kappa shape index (κ3) is 5.85. The number of primary sulfonamides is 1. The third-order valence-electron chi connectivity index (χ3n) is 5.86. The van der Waals surface area contributed by atoms with Crippen molar-refractivity contribution in [3.05, 3.63) is 71.4 Å². The van der Waals surface area contributed by atoms with Crippen molar-refractivity contribution in [2.24, 2.45) is 11.1 Å². The van der Waals surface area contributed by atoms with Gasteiger partial charge in [-0.1, -0.05) is 17.3 Å². The highest BCUT2D eigenvalue weighted by Gasteiger charge is 2.22. The first-order chi connectivity index (χ1) is 16.2. The minimum atomic E-state index is -3.70. The first-order valence-corrected chi connectivity index (χ1v) is 12.3. The Kier molecular flexibility index (Phi) is 7.05. The summed E-state index contributed by atoms with van der Waals surface area (Å²) < 4.78 is 54.8. The lowest BCUT2D eigenvalue weighted by molar-refractivity contribution is 0.0926. The van der Waals surface area contributed by atoms with E-state index < -0.39 is 27.6 Å². The molecule has 11 heteroatoms. The van der Waals surface area contributed by atoms with Crippen molar-refractivity contribution in [3.63, 3.8) is 0 Å². The van der Waals surface area contributed by atoms with Crippen LogP contribution in [-0.2, 0) is 16.6 Å². The number of aromatic nitrogens is 1. The molecule has 34 heavy (non-hydrogen) atoms. The monoisotopic (exact) mass is 490 g/mol. The van der Waals surface area contributed by atoms with E-state index in [2.05, 4.69) is 15.4 Å². The maximum Gasteiger partial charge on any atom is 0.273 e. The second-order valence-corrected chi connectivity index (χ2v) is 9.88. The maximum atomic E-state index is 13.9. The summed E-state index contributed by atoms with van der Waals surface area (Å²) in [4.78, 5) is 14.8. The van der Waals surface area contributed by atoms with Gasteiger partial charge in [0.15, 0.2) is 11.5 Å². The summed E-state index contributed by atoms with van der Waals surface area (Å²) in [6.07, 6.45) is 1.78. The zero-order valence-electron chi connectivity index (χ0n) is 18.2. The SMILES string of the molecule is NS(=O)(=O)c1ccc(CN2CCC(CNC(=O)c3cc(-c4ccc(F)cc4F)on3)CC2)cc1.